The summed E-state index contributed by atoms with van der Waals surface area (Å²) in [6.45, 7) is 6.52. The van der Waals surface area contributed by atoms with Gasteiger partial charge in [-0.3, -0.25) is 0 Å². The molecule has 0 saturated carbocycles. The quantitative estimate of drug-likeness (QED) is 0.711. The Morgan fingerprint density at radius 1 is 1.10 bits per heavy atom. The highest BCUT2D eigenvalue weighted by molar-refractivity contribution is 7.91. The second-order valence-electron chi connectivity index (χ2n) is 5.43. The van der Waals surface area contributed by atoms with E-state index in [1.807, 2.05) is 18.2 Å². The van der Waals surface area contributed by atoms with Crippen LogP contribution in [-0.2, 0) is 9.84 Å². The van der Waals surface area contributed by atoms with Crippen LogP contribution in [0.2, 0.25) is 0 Å². The van der Waals surface area contributed by atoms with Crippen LogP contribution < -0.4 is 5.32 Å². The van der Waals surface area contributed by atoms with Gasteiger partial charge in [0.2, 0.25) is 0 Å². The van der Waals surface area contributed by atoms with Gasteiger partial charge in [0.25, 0.3) is 0 Å². The minimum absolute atomic E-state index is 0.263. The van der Waals surface area contributed by atoms with Gasteiger partial charge in [-0.25, -0.2) is 8.42 Å². The number of nitrogens with one attached hydrogen (secondary N) is 1. The molecule has 1 rings (SSSR count). The Labute approximate surface area is 123 Å². The average molecular weight is 297 g/mol. The largest absolute Gasteiger partial charge is 0.310 e. The van der Waals surface area contributed by atoms with E-state index in [-0.39, 0.29) is 5.25 Å². The topological polar surface area (TPSA) is 46.2 Å². The van der Waals surface area contributed by atoms with E-state index in [0.717, 1.165) is 25.8 Å². The normalized spacial score (nSPS) is 13.6. The maximum absolute atomic E-state index is 11.8. The molecule has 3 nitrogen and oxygen atoms in total. The Hall–Kier alpha value is -0.870. The number of rotatable bonds is 9. The molecule has 0 saturated heterocycles. The van der Waals surface area contributed by atoms with Crippen LogP contribution in [0.5, 0.6) is 0 Å². The van der Waals surface area contributed by atoms with Crippen LogP contribution in [0.25, 0.3) is 0 Å². The average Bonchev–Trinajstić information content (AvgIpc) is 2.43. The maximum Gasteiger partial charge on any atom is 0.152 e. The fourth-order valence-corrected chi connectivity index (χ4v) is 3.28. The molecule has 114 valence electrons. The SMILES string of the molecule is CCNC(CCCCS(=O)(=O)C(C)C)c1ccccc1. The Balaban J connectivity index is 2.45. The van der Waals surface area contributed by atoms with Crippen LogP contribution in [0.3, 0.4) is 0 Å². The van der Waals surface area contributed by atoms with Crippen LogP contribution in [0.4, 0.5) is 0 Å². The lowest BCUT2D eigenvalue weighted by Crippen LogP contribution is -2.21. The predicted molar refractivity (Wildman–Crippen MR) is 85.6 cm³/mol. The number of benzene rings is 1. The van der Waals surface area contributed by atoms with E-state index < -0.39 is 9.84 Å². The first-order valence-electron chi connectivity index (χ1n) is 7.47. The molecule has 20 heavy (non-hydrogen) atoms. The summed E-state index contributed by atoms with van der Waals surface area (Å²) in [6.07, 6.45) is 2.65. The molecule has 1 atom stereocenters. The van der Waals surface area contributed by atoms with Gasteiger partial charge < -0.3 is 5.32 Å². The molecular formula is C16H27NO2S. The lowest BCUT2D eigenvalue weighted by Gasteiger charge is -2.18. The zero-order valence-corrected chi connectivity index (χ0v) is 13.6. The third kappa shape index (κ3) is 5.63. The third-order valence-corrected chi connectivity index (χ3v) is 5.84. The highest BCUT2D eigenvalue weighted by Crippen LogP contribution is 2.19. The highest BCUT2D eigenvalue weighted by atomic mass is 32.2. The van der Waals surface area contributed by atoms with Gasteiger partial charge in [0.1, 0.15) is 0 Å². The summed E-state index contributed by atoms with van der Waals surface area (Å²) in [5.74, 6) is 0.304. The van der Waals surface area contributed by atoms with Crippen molar-refractivity contribution < 1.29 is 8.42 Å². The lowest BCUT2D eigenvalue weighted by molar-refractivity contribution is 0.493. The number of sulfone groups is 1. The van der Waals surface area contributed by atoms with Crippen LogP contribution >= 0.6 is 0 Å². The standard InChI is InChI=1S/C16H27NO2S/c1-4-17-16(15-10-6-5-7-11-15)12-8-9-13-20(18,19)14(2)3/h5-7,10-11,14,16-17H,4,8-9,12-13H2,1-3H3. The summed E-state index contributed by atoms with van der Waals surface area (Å²) in [5, 5.41) is 3.21. The van der Waals surface area contributed by atoms with Crippen molar-refractivity contribution in [1.29, 1.82) is 0 Å². The van der Waals surface area contributed by atoms with Gasteiger partial charge in [0.05, 0.1) is 11.0 Å². The number of hydrogen-bond donors (Lipinski definition) is 1. The van der Waals surface area contributed by atoms with E-state index >= 15 is 0 Å². The van der Waals surface area contributed by atoms with E-state index in [1.54, 1.807) is 13.8 Å². The van der Waals surface area contributed by atoms with E-state index in [0.29, 0.717) is 11.8 Å². The van der Waals surface area contributed by atoms with Gasteiger partial charge in [-0.2, -0.15) is 0 Å². The first-order valence-corrected chi connectivity index (χ1v) is 9.18. The predicted octanol–water partition coefficient (Wildman–Crippen LogP) is 3.33. The van der Waals surface area contributed by atoms with E-state index in [2.05, 4.69) is 24.4 Å². The highest BCUT2D eigenvalue weighted by Gasteiger charge is 2.16. The van der Waals surface area contributed by atoms with Crippen molar-refractivity contribution in [2.75, 3.05) is 12.3 Å². The second-order valence-corrected chi connectivity index (χ2v) is 8.11. The van der Waals surface area contributed by atoms with Crippen molar-refractivity contribution in [2.24, 2.45) is 0 Å². The van der Waals surface area contributed by atoms with Crippen LogP contribution in [0, 0.1) is 0 Å². The maximum atomic E-state index is 11.8. The number of unbranched alkanes of at least 4 members (excludes halogenated alkanes) is 1. The first kappa shape index (κ1) is 17.2. The van der Waals surface area contributed by atoms with Crippen LogP contribution in [-0.4, -0.2) is 26.0 Å². The Kier molecular flexibility index (Phi) is 7.24. The second kappa shape index (κ2) is 8.42. The van der Waals surface area contributed by atoms with Crippen molar-refractivity contribution in [2.45, 2.75) is 51.3 Å². The van der Waals surface area contributed by atoms with Crippen molar-refractivity contribution in [3.8, 4) is 0 Å². The summed E-state index contributed by atoms with van der Waals surface area (Å²) < 4.78 is 23.5. The molecule has 1 aromatic carbocycles. The minimum Gasteiger partial charge on any atom is -0.310 e. The van der Waals surface area contributed by atoms with Gasteiger partial charge in [-0.1, -0.05) is 43.7 Å². The Bertz CT molecular complexity index is 469. The molecule has 0 aliphatic carbocycles. The van der Waals surface area contributed by atoms with Crippen molar-refractivity contribution in [1.82, 2.24) is 5.32 Å². The summed E-state index contributed by atoms with van der Waals surface area (Å²) in [5.41, 5.74) is 1.28. The molecule has 0 amide bonds. The molecule has 1 unspecified atom stereocenters. The van der Waals surface area contributed by atoms with E-state index in [9.17, 15) is 8.42 Å². The Morgan fingerprint density at radius 2 is 1.75 bits per heavy atom. The molecule has 0 radical (unpaired) electrons. The molecule has 1 aromatic rings. The van der Waals surface area contributed by atoms with Crippen LogP contribution in [0.15, 0.2) is 30.3 Å². The molecule has 0 heterocycles. The molecule has 0 aromatic heterocycles. The molecule has 0 aliphatic rings. The summed E-state index contributed by atoms with van der Waals surface area (Å²) in [4.78, 5) is 0. The first-order chi connectivity index (χ1) is 9.47. The van der Waals surface area contributed by atoms with Gasteiger partial charge in [0.15, 0.2) is 9.84 Å². The Morgan fingerprint density at radius 3 is 2.30 bits per heavy atom. The summed E-state index contributed by atoms with van der Waals surface area (Å²) >= 11 is 0. The van der Waals surface area contributed by atoms with Crippen molar-refractivity contribution >= 4 is 9.84 Å². The van der Waals surface area contributed by atoms with Gasteiger partial charge in [-0.05, 0) is 38.8 Å². The van der Waals surface area contributed by atoms with Crippen LogP contribution in [0.1, 0.15) is 51.6 Å². The van der Waals surface area contributed by atoms with Gasteiger partial charge >= 0.3 is 0 Å². The minimum atomic E-state index is -2.89. The molecule has 0 bridgehead atoms. The molecule has 1 N–H and O–H groups in total. The monoisotopic (exact) mass is 297 g/mol. The third-order valence-electron chi connectivity index (χ3n) is 3.54. The molecule has 0 fully saturated rings. The summed E-state index contributed by atoms with van der Waals surface area (Å²) in [7, 11) is -2.89. The fourth-order valence-electron chi connectivity index (χ4n) is 2.21. The van der Waals surface area contributed by atoms with Crippen molar-refractivity contribution in [3.63, 3.8) is 0 Å². The van der Waals surface area contributed by atoms with Gasteiger partial charge in [-0.15, -0.1) is 0 Å². The molecule has 0 spiro atoms. The lowest BCUT2D eigenvalue weighted by atomic mass is 10.0. The number of hydrogen-bond acceptors (Lipinski definition) is 3. The molecular weight excluding hydrogens is 270 g/mol. The van der Waals surface area contributed by atoms with Gasteiger partial charge in [0, 0.05) is 6.04 Å². The van der Waals surface area contributed by atoms with Crippen molar-refractivity contribution in [3.05, 3.63) is 35.9 Å². The molecule has 4 heteroatoms. The smallest absolute Gasteiger partial charge is 0.152 e. The zero-order chi connectivity index (χ0) is 15.0. The summed E-state index contributed by atoms with van der Waals surface area (Å²) in [6, 6.07) is 10.7. The van der Waals surface area contributed by atoms with E-state index in [1.165, 1.54) is 5.56 Å². The molecule has 0 aliphatic heterocycles. The fraction of sp³-hybridized carbons (Fsp3) is 0.625. The zero-order valence-electron chi connectivity index (χ0n) is 12.8. The van der Waals surface area contributed by atoms with E-state index in [4.69, 9.17) is 0 Å².